The molecule has 0 radical (unpaired) electrons. The van der Waals surface area contributed by atoms with Crippen molar-refractivity contribution in [2.24, 2.45) is 0 Å². The van der Waals surface area contributed by atoms with Crippen LogP contribution in [0.15, 0.2) is 47.1 Å². The highest BCUT2D eigenvalue weighted by molar-refractivity contribution is 9.10. The van der Waals surface area contributed by atoms with Gasteiger partial charge < -0.3 is 0 Å². The van der Waals surface area contributed by atoms with Gasteiger partial charge >= 0.3 is 0 Å². The van der Waals surface area contributed by atoms with E-state index in [1.165, 1.54) is 0 Å². The Morgan fingerprint density at radius 2 is 2.05 bits per heavy atom. The summed E-state index contributed by atoms with van der Waals surface area (Å²) >= 11 is 3.55. The van der Waals surface area contributed by atoms with E-state index in [4.69, 9.17) is 0 Å². The monoisotopic (exact) mass is 347 g/mol. The van der Waals surface area contributed by atoms with Gasteiger partial charge in [-0.2, -0.15) is 0 Å². The third kappa shape index (κ3) is 2.64. The number of hydrogen-bond donors (Lipinski definition) is 0. The van der Waals surface area contributed by atoms with Crippen molar-refractivity contribution in [3.05, 3.63) is 64.1 Å². The molecule has 110 valence electrons. The van der Waals surface area contributed by atoms with E-state index in [1.54, 1.807) is 12.1 Å². The molecular weight excluding hydrogens is 329 g/mol. The predicted molar refractivity (Wildman–Crippen MR) is 86.9 cm³/mol. The normalized spacial score (nSPS) is 17.5. The second kappa shape index (κ2) is 5.88. The Morgan fingerprint density at radius 1 is 1.24 bits per heavy atom. The first-order chi connectivity index (χ1) is 10.2. The number of halogens is 2. The number of rotatable bonds is 5. The molecule has 1 aromatic heterocycles. The summed E-state index contributed by atoms with van der Waals surface area (Å²) in [4.78, 5) is 4.55. The van der Waals surface area contributed by atoms with E-state index in [9.17, 15) is 4.39 Å². The number of pyridine rings is 1. The minimum absolute atomic E-state index is 0.0888. The Hall–Kier alpha value is -1.22. The fourth-order valence-electron chi connectivity index (χ4n) is 3.46. The van der Waals surface area contributed by atoms with E-state index in [1.807, 2.05) is 24.4 Å². The second-order valence-electron chi connectivity index (χ2n) is 5.85. The molecule has 0 aliphatic heterocycles. The van der Waals surface area contributed by atoms with E-state index >= 15 is 0 Å². The van der Waals surface area contributed by atoms with Crippen LogP contribution in [-0.4, -0.2) is 4.98 Å². The number of hydrogen-bond acceptors (Lipinski definition) is 1. The van der Waals surface area contributed by atoms with Crippen molar-refractivity contribution in [1.82, 2.24) is 4.98 Å². The Kier molecular flexibility index (Phi) is 4.12. The zero-order valence-corrected chi connectivity index (χ0v) is 13.7. The first-order valence-corrected chi connectivity index (χ1v) is 8.34. The van der Waals surface area contributed by atoms with Crippen LogP contribution in [0, 0.1) is 5.82 Å². The van der Waals surface area contributed by atoms with Crippen LogP contribution in [0.4, 0.5) is 4.39 Å². The summed E-state index contributed by atoms with van der Waals surface area (Å²) in [7, 11) is 0. The first kappa shape index (κ1) is 14.7. The van der Waals surface area contributed by atoms with Crippen molar-refractivity contribution < 1.29 is 4.39 Å². The molecule has 1 unspecified atom stereocenters. The van der Waals surface area contributed by atoms with E-state index in [0.717, 1.165) is 41.4 Å². The average Bonchev–Trinajstić information content (AvgIpc) is 3.27. The van der Waals surface area contributed by atoms with E-state index in [0.29, 0.717) is 0 Å². The van der Waals surface area contributed by atoms with Gasteiger partial charge in [-0.15, -0.1) is 0 Å². The molecule has 2 aromatic rings. The largest absolute Gasteiger partial charge is 0.261 e. The quantitative estimate of drug-likeness (QED) is 0.685. The minimum Gasteiger partial charge on any atom is -0.261 e. The van der Waals surface area contributed by atoms with Crippen LogP contribution in [0.25, 0.3) is 0 Å². The Labute approximate surface area is 133 Å². The summed E-state index contributed by atoms with van der Waals surface area (Å²) in [6.45, 7) is 2.18. The van der Waals surface area contributed by atoms with Crippen molar-refractivity contribution in [2.75, 3.05) is 0 Å². The topological polar surface area (TPSA) is 12.9 Å². The molecule has 1 fully saturated rings. The second-order valence-corrected chi connectivity index (χ2v) is 6.70. The molecule has 1 saturated carbocycles. The first-order valence-electron chi connectivity index (χ1n) is 7.54. The van der Waals surface area contributed by atoms with Gasteiger partial charge in [0.2, 0.25) is 0 Å². The Morgan fingerprint density at radius 3 is 2.62 bits per heavy atom. The average molecular weight is 348 g/mol. The van der Waals surface area contributed by atoms with Crippen LogP contribution in [0.5, 0.6) is 0 Å². The van der Waals surface area contributed by atoms with Gasteiger partial charge in [0.25, 0.3) is 0 Å². The molecular formula is C18H19BrFN. The van der Waals surface area contributed by atoms with Crippen LogP contribution in [0.2, 0.25) is 0 Å². The molecule has 0 spiro atoms. The van der Waals surface area contributed by atoms with Gasteiger partial charge in [-0.3, -0.25) is 4.98 Å². The van der Waals surface area contributed by atoms with E-state index in [2.05, 4.69) is 33.9 Å². The summed E-state index contributed by atoms with van der Waals surface area (Å²) < 4.78 is 15.3. The van der Waals surface area contributed by atoms with Gasteiger partial charge in [-0.05, 0) is 43.5 Å². The minimum atomic E-state index is -0.0982. The van der Waals surface area contributed by atoms with Gasteiger partial charge in [0.1, 0.15) is 5.82 Å². The third-order valence-electron chi connectivity index (χ3n) is 4.54. The van der Waals surface area contributed by atoms with Crippen molar-refractivity contribution in [2.45, 2.75) is 43.9 Å². The van der Waals surface area contributed by atoms with Crippen LogP contribution in [0.1, 0.15) is 49.8 Å². The highest BCUT2D eigenvalue weighted by atomic mass is 79.9. The predicted octanol–water partition coefficient (Wildman–Crippen LogP) is 5.60. The van der Waals surface area contributed by atoms with Gasteiger partial charge in [-0.1, -0.05) is 41.4 Å². The lowest BCUT2D eigenvalue weighted by molar-refractivity contribution is 0.451. The number of benzene rings is 1. The van der Waals surface area contributed by atoms with Gasteiger partial charge in [-0.25, -0.2) is 4.39 Å². The van der Waals surface area contributed by atoms with Crippen molar-refractivity contribution in [1.29, 1.82) is 0 Å². The molecule has 0 amide bonds. The van der Waals surface area contributed by atoms with Crippen LogP contribution >= 0.6 is 15.9 Å². The molecule has 0 saturated heterocycles. The SMILES string of the molecule is CCCC(c1ccccn1)C1(c2c(F)cccc2Br)CC1. The fourth-order valence-corrected chi connectivity index (χ4v) is 4.20. The Bertz CT molecular complexity index is 602. The number of aromatic nitrogens is 1. The van der Waals surface area contributed by atoms with Crippen LogP contribution in [0.3, 0.4) is 0 Å². The highest BCUT2D eigenvalue weighted by Gasteiger charge is 2.53. The number of nitrogens with zero attached hydrogens (tertiary/aromatic N) is 1. The maximum Gasteiger partial charge on any atom is 0.128 e. The lowest BCUT2D eigenvalue weighted by atomic mass is 9.77. The maximum absolute atomic E-state index is 14.5. The van der Waals surface area contributed by atoms with Gasteiger partial charge in [0.15, 0.2) is 0 Å². The summed E-state index contributed by atoms with van der Waals surface area (Å²) in [5, 5.41) is 0. The smallest absolute Gasteiger partial charge is 0.128 e. The lowest BCUT2D eigenvalue weighted by Crippen LogP contribution is -2.21. The maximum atomic E-state index is 14.5. The highest BCUT2D eigenvalue weighted by Crippen LogP contribution is 2.60. The Balaban J connectivity index is 2.07. The van der Waals surface area contributed by atoms with Crippen molar-refractivity contribution in [3.8, 4) is 0 Å². The summed E-state index contributed by atoms with van der Waals surface area (Å²) in [6.07, 6.45) is 6.03. The lowest BCUT2D eigenvalue weighted by Gasteiger charge is -2.28. The molecule has 0 bridgehead atoms. The molecule has 1 nitrogen and oxygen atoms in total. The van der Waals surface area contributed by atoms with E-state index < -0.39 is 0 Å². The molecule has 1 heterocycles. The summed E-state index contributed by atoms with van der Waals surface area (Å²) in [5.74, 6) is 0.191. The van der Waals surface area contributed by atoms with Crippen molar-refractivity contribution >= 4 is 15.9 Å². The van der Waals surface area contributed by atoms with Crippen molar-refractivity contribution in [3.63, 3.8) is 0 Å². The molecule has 1 aromatic carbocycles. The third-order valence-corrected chi connectivity index (χ3v) is 5.20. The van der Waals surface area contributed by atoms with Crippen LogP contribution in [-0.2, 0) is 5.41 Å². The zero-order chi connectivity index (χ0) is 14.9. The molecule has 3 rings (SSSR count). The molecule has 0 N–H and O–H groups in total. The molecule has 3 heteroatoms. The zero-order valence-electron chi connectivity index (χ0n) is 12.2. The van der Waals surface area contributed by atoms with Crippen LogP contribution < -0.4 is 0 Å². The molecule has 21 heavy (non-hydrogen) atoms. The van der Waals surface area contributed by atoms with Gasteiger partial charge in [0, 0.05) is 33.3 Å². The standard InChI is InChI=1S/C18H19BrFN/c1-2-6-13(16-9-3-4-12-21-16)18(10-11-18)17-14(19)7-5-8-15(17)20/h3-5,7-9,12-13H,2,6,10-11H2,1H3. The fraction of sp³-hybridized carbons (Fsp3) is 0.389. The molecule has 1 atom stereocenters. The molecule has 1 aliphatic carbocycles. The van der Waals surface area contributed by atoms with Gasteiger partial charge in [0.05, 0.1) is 0 Å². The summed E-state index contributed by atoms with van der Waals surface area (Å²) in [6, 6.07) is 11.3. The van der Waals surface area contributed by atoms with E-state index in [-0.39, 0.29) is 17.2 Å². The summed E-state index contributed by atoms with van der Waals surface area (Å²) in [5.41, 5.74) is 1.84. The molecule has 1 aliphatic rings.